The van der Waals surface area contributed by atoms with Gasteiger partial charge in [0.15, 0.2) is 0 Å². The zero-order valence-corrected chi connectivity index (χ0v) is 8.66. The first kappa shape index (κ1) is 9.62. The van der Waals surface area contributed by atoms with Crippen LogP contribution in [-0.2, 0) is 6.54 Å². The molecule has 0 saturated carbocycles. The summed E-state index contributed by atoms with van der Waals surface area (Å²) in [4.78, 5) is 9.19. The van der Waals surface area contributed by atoms with E-state index in [4.69, 9.17) is 5.26 Å². The van der Waals surface area contributed by atoms with Gasteiger partial charge in [0.25, 0.3) is 0 Å². The topological polar surface area (TPSA) is 61.6 Å². The highest BCUT2D eigenvalue weighted by Crippen LogP contribution is 2.12. The van der Waals surface area contributed by atoms with Gasteiger partial charge < -0.3 is 5.32 Å². The molecule has 0 aliphatic rings. The zero-order valence-electron chi connectivity index (χ0n) is 7.84. The molecule has 0 aliphatic carbocycles. The maximum absolute atomic E-state index is 8.84. The number of hydrogen-bond acceptors (Lipinski definition) is 5. The number of nitrogens with one attached hydrogen (secondary N) is 1. The second kappa shape index (κ2) is 4.53. The second-order valence-electron chi connectivity index (χ2n) is 2.83. The summed E-state index contributed by atoms with van der Waals surface area (Å²) in [5, 5.41) is 11.9. The highest BCUT2D eigenvalue weighted by Gasteiger charge is 2.01. The van der Waals surface area contributed by atoms with Crippen LogP contribution in [0.5, 0.6) is 0 Å². The number of hydrogen-bond donors (Lipinski definition) is 1. The first-order chi connectivity index (χ1) is 7.40. The van der Waals surface area contributed by atoms with Crippen LogP contribution >= 0.6 is 11.3 Å². The Kier molecular flexibility index (Phi) is 2.90. The molecule has 15 heavy (non-hydrogen) atoms. The molecule has 0 bridgehead atoms. The number of rotatable bonds is 3. The highest BCUT2D eigenvalue weighted by molar-refractivity contribution is 7.09. The minimum atomic E-state index is 0.557. The van der Waals surface area contributed by atoms with Crippen molar-refractivity contribution in [2.45, 2.75) is 6.54 Å². The van der Waals surface area contributed by atoms with E-state index in [0.717, 1.165) is 4.88 Å². The minimum absolute atomic E-state index is 0.557. The lowest BCUT2D eigenvalue weighted by atomic mass is 10.3. The second-order valence-corrected chi connectivity index (χ2v) is 3.80. The summed E-state index contributed by atoms with van der Waals surface area (Å²) in [6, 6.07) is 5.57. The lowest BCUT2D eigenvalue weighted by molar-refractivity contribution is 1.12. The van der Waals surface area contributed by atoms with E-state index in [0.29, 0.717) is 17.9 Å². The van der Waals surface area contributed by atoms with Crippen LogP contribution in [0, 0.1) is 11.3 Å². The molecule has 0 fully saturated rings. The van der Waals surface area contributed by atoms with E-state index >= 15 is 0 Å². The molecule has 0 radical (unpaired) electrons. The van der Waals surface area contributed by atoms with Gasteiger partial charge in [0.05, 0.1) is 17.6 Å². The number of anilines is 1. The summed E-state index contributed by atoms with van der Waals surface area (Å²) in [6.07, 6.45) is 3.46. The van der Waals surface area contributed by atoms with Gasteiger partial charge in [-0.15, -0.1) is 11.3 Å². The molecule has 0 unspecified atom stereocenters. The fourth-order valence-electron chi connectivity index (χ4n) is 1.14. The summed E-state index contributed by atoms with van der Waals surface area (Å²) in [6.45, 7) is 0.649. The van der Waals surface area contributed by atoms with E-state index in [2.05, 4.69) is 21.4 Å². The summed E-state index contributed by atoms with van der Waals surface area (Å²) in [5.74, 6) is 0.619. The van der Waals surface area contributed by atoms with Crippen LogP contribution in [0.4, 0.5) is 5.82 Å². The van der Waals surface area contributed by atoms with Gasteiger partial charge in [-0.3, -0.25) is 4.98 Å². The van der Waals surface area contributed by atoms with Crippen LogP contribution in [0.3, 0.4) is 0 Å². The molecule has 2 aromatic rings. The van der Waals surface area contributed by atoms with Crippen molar-refractivity contribution >= 4 is 17.2 Å². The SMILES string of the molecule is N#Cc1cccnc1NCc1cncs1. The van der Waals surface area contributed by atoms with Gasteiger partial charge in [0.2, 0.25) is 0 Å². The Bertz CT molecular complexity index is 472. The quantitative estimate of drug-likeness (QED) is 0.852. The van der Waals surface area contributed by atoms with Gasteiger partial charge in [-0.05, 0) is 12.1 Å². The van der Waals surface area contributed by atoms with Crippen molar-refractivity contribution in [3.8, 4) is 6.07 Å². The predicted molar refractivity (Wildman–Crippen MR) is 58.4 cm³/mol. The fourth-order valence-corrected chi connectivity index (χ4v) is 1.67. The van der Waals surface area contributed by atoms with Crippen molar-refractivity contribution in [1.82, 2.24) is 9.97 Å². The molecule has 0 aliphatic heterocycles. The average molecular weight is 216 g/mol. The molecule has 2 aromatic heterocycles. The molecule has 0 saturated heterocycles. The molecule has 74 valence electrons. The summed E-state index contributed by atoms with van der Waals surface area (Å²) >= 11 is 1.57. The van der Waals surface area contributed by atoms with Crippen LogP contribution in [0.2, 0.25) is 0 Å². The summed E-state index contributed by atoms with van der Waals surface area (Å²) in [5.41, 5.74) is 2.34. The molecular formula is C10H8N4S. The molecule has 0 spiro atoms. The molecule has 0 amide bonds. The Morgan fingerprint density at radius 1 is 1.53 bits per heavy atom. The molecule has 2 heterocycles. The van der Waals surface area contributed by atoms with Gasteiger partial charge in [-0.1, -0.05) is 0 Å². The van der Waals surface area contributed by atoms with Gasteiger partial charge >= 0.3 is 0 Å². The maximum Gasteiger partial charge on any atom is 0.144 e. The Labute approximate surface area is 91.2 Å². The van der Waals surface area contributed by atoms with Gasteiger partial charge in [-0.2, -0.15) is 5.26 Å². The van der Waals surface area contributed by atoms with Crippen LogP contribution in [0.1, 0.15) is 10.4 Å². The number of nitrogens with zero attached hydrogens (tertiary/aromatic N) is 3. The van der Waals surface area contributed by atoms with E-state index in [-0.39, 0.29) is 0 Å². The minimum Gasteiger partial charge on any atom is -0.364 e. The molecule has 5 heteroatoms. The third-order valence-corrected chi connectivity index (χ3v) is 2.62. The van der Waals surface area contributed by atoms with Gasteiger partial charge in [-0.25, -0.2) is 4.98 Å². The van der Waals surface area contributed by atoms with E-state index in [9.17, 15) is 0 Å². The van der Waals surface area contributed by atoms with Crippen molar-refractivity contribution in [3.05, 3.63) is 40.5 Å². The summed E-state index contributed by atoms with van der Waals surface area (Å²) in [7, 11) is 0. The molecule has 2 rings (SSSR count). The number of pyridine rings is 1. The number of nitriles is 1. The largest absolute Gasteiger partial charge is 0.364 e. The van der Waals surface area contributed by atoms with Gasteiger partial charge in [0, 0.05) is 17.3 Å². The maximum atomic E-state index is 8.84. The van der Waals surface area contributed by atoms with Crippen LogP contribution in [0.25, 0.3) is 0 Å². The summed E-state index contributed by atoms with van der Waals surface area (Å²) < 4.78 is 0. The first-order valence-electron chi connectivity index (χ1n) is 4.36. The van der Waals surface area contributed by atoms with E-state index in [1.165, 1.54) is 0 Å². The monoisotopic (exact) mass is 216 g/mol. The molecule has 4 nitrogen and oxygen atoms in total. The standard InChI is InChI=1S/C10H8N4S/c11-4-8-2-1-3-13-10(8)14-6-9-5-12-7-15-9/h1-3,5,7H,6H2,(H,13,14). The molecule has 1 N–H and O–H groups in total. The third-order valence-electron chi connectivity index (χ3n) is 1.84. The van der Waals surface area contributed by atoms with E-state index < -0.39 is 0 Å². The molecule has 0 atom stereocenters. The lowest BCUT2D eigenvalue weighted by Gasteiger charge is -2.04. The van der Waals surface area contributed by atoms with E-state index in [1.807, 2.05) is 0 Å². The highest BCUT2D eigenvalue weighted by atomic mass is 32.1. The smallest absolute Gasteiger partial charge is 0.144 e. The normalized spacial score (nSPS) is 9.53. The molecule has 0 aromatic carbocycles. The van der Waals surface area contributed by atoms with Crippen molar-refractivity contribution < 1.29 is 0 Å². The van der Waals surface area contributed by atoms with Crippen LogP contribution in [-0.4, -0.2) is 9.97 Å². The van der Waals surface area contributed by atoms with Crippen molar-refractivity contribution in [3.63, 3.8) is 0 Å². The Hall–Kier alpha value is -1.93. The predicted octanol–water partition coefficient (Wildman–Crippen LogP) is 2.02. The van der Waals surface area contributed by atoms with Gasteiger partial charge in [0.1, 0.15) is 11.9 Å². The zero-order chi connectivity index (χ0) is 10.5. The van der Waals surface area contributed by atoms with Crippen molar-refractivity contribution in [2.24, 2.45) is 0 Å². The Morgan fingerprint density at radius 2 is 2.47 bits per heavy atom. The van der Waals surface area contributed by atoms with Crippen LogP contribution in [0.15, 0.2) is 30.0 Å². The van der Waals surface area contributed by atoms with Crippen molar-refractivity contribution in [1.29, 1.82) is 5.26 Å². The number of aromatic nitrogens is 2. The average Bonchev–Trinajstić information content (AvgIpc) is 2.79. The Balaban J connectivity index is 2.08. The first-order valence-corrected chi connectivity index (χ1v) is 5.24. The lowest BCUT2D eigenvalue weighted by Crippen LogP contribution is -2.01. The van der Waals surface area contributed by atoms with E-state index in [1.54, 1.807) is 41.4 Å². The number of thiazole rings is 1. The third kappa shape index (κ3) is 2.30. The molecular weight excluding hydrogens is 208 g/mol. The fraction of sp³-hybridized carbons (Fsp3) is 0.100. The van der Waals surface area contributed by atoms with Crippen LogP contribution < -0.4 is 5.32 Å². The Morgan fingerprint density at radius 3 is 3.20 bits per heavy atom. The van der Waals surface area contributed by atoms with Crippen molar-refractivity contribution in [2.75, 3.05) is 5.32 Å².